The van der Waals surface area contributed by atoms with Gasteiger partial charge in [0.15, 0.2) is 11.5 Å². The molecule has 0 spiro atoms. The molecule has 0 radical (unpaired) electrons. The van der Waals surface area contributed by atoms with Crippen LogP contribution < -0.4 is 24.2 Å². The topological polar surface area (TPSA) is 142 Å². The molecule has 1 aromatic heterocycles. The van der Waals surface area contributed by atoms with Crippen LogP contribution in [-0.2, 0) is 10.0 Å². The van der Waals surface area contributed by atoms with Gasteiger partial charge in [0.2, 0.25) is 11.6 Å². The van der Waals surface area contributed by atoms with Crippen molar-refractivity contribution in [1.29, 1.82) is 0 Å². The number of nitrogens with one attached hydrogen (secondary N) is 2. The van der Waals surface area contributed by atoms with E-state index in [9.17, 15) is 13.2 Å². The van der Waals surface area contributed by atoms with E-state index in [-0.39, 0.29) is 28.1 Å². The maximum Gasteiger partial charge on any atom is 0.322 e. The zero-order valence-electron chi connectivity index (χ0n) is 19.8. The van der Waals surface area contributed by atoms with Crippen molar-refractivity contribution in [2.45, 2.75) is 4.90 Å². The minimum absolute atomic E-state index is 0.0148. The predicted molar refractivity (Wildman–Crippen MR) is 136 cm³/mol. The number of para-hydroxylation sites is 1. The molecule has 0 fully saturated rings. The second kappa shape index (κ2) is 10.8. The molecule has 1 amide bonds. The number of hydrogen-bond acceptors (Lipinski definition) is 9. The lowest BCUT2D eigenvalue weighted by Gasteiger charge is -2.12. The van der Waals surface area contributed by atoms with Crippen LogP contribution in [0, 0.1) is 0 Å². The number of carbonyl (C=O) groups is 1. The standard InChI is InChI=1S/C24H21ClN4O7S/c1-33-19-12-14(13-20(34-2)21(19)35-3)23-27-28-24(36-23)26-22(30)17-6-4-5-7-18(17)29-37(31,32)16-10-8-15(25)9-11-16/h4-13,29H,1-3H3,(H,26,28,30). The van der Waals surface area contributed by atoms with Gasteiger partial charge in [-0.05, 0) is 48.5 Å². The van der Waals surface area contributed by atoms with Crippen molar-refractivity contribution < 1.29 is 31.8 Å². The first-order chi connectivity index (χ1) is 17.7. The van der Waals surface area contributed by atoms with Crippen LogP contribution in [0.3, 0.4) is 0 Å². The molecule has 1 heterocycles. The van der Waals surface area contributed by atoms with Crippen molar-refractivity contribution >= 4 is 39.2 Å². The van der Waals surface area contributed by atoms with Crippen LogP contribution >= 0.6 is 11.6 Å². The summed E-state index contributed by atoms with van der Waals surface area (Å²) in [6, 6.07) is 14.7. The van der Waals surface area contributed by atoms with Crippen molar-refractivity contribution in [2.24, 2.45) is 0 Å². The Bertz CT molecular complexity index is 1510. The number of ether oxygens (including phenoxy) is 3. The van der Waals surface area contributed by atoms with Crippen LogP contribution in [0.5, 0.6) is 17.2 Å². The van der Waals surface area contributed by atoms with E-state index < -0.39 is 15.9 Å². The normalized spacial score (nSPS) is 11.0. The van der Waals surface area contributed by atoms with Gasteiger partial charge in [-0.3, -0.25) is 14.8 Å². The SMILES string of the molecule is COc1cc(-c2nnc(NC(=O)c3ccccc3NS(=O)(=O)c3ccc(Cl)cc3)o2)cc(OC)c1OC. The number of methoxy groups -OCH3 is 3. The molecule has 11 nitrogen and oxygen atoms in total. The summed E-state index contributed by atoms with van der Waals surface area (Å²) in [7, 11) is 0.439. The fourth-order valence-electron chi connectivity index (χ4n) is 3.35. The fourth-order valence-corrected chi connectivity index (χ4v) is 4.55. The van der Waals surface area contributed by atoms with Crippen LogP contribution in [0.1, 0.15) is 10.4 Å². The number of amides is 1. The summed E-state index contributed by atoms with van der Waals surface area (Å²) in [5, 5.41) is 10.7. The summed E-state index contributed by atoms with van der Waals surface area (Å²) in [5.41, 5.74) is 0.547. The number of aromatic nitrogens is 2. The number of rotatable bonds is 9. The molecule has 4 rings (SSSR count). The lowest BCUT2D eigenvalue weighted by molar-refractivity contribution is 0.102. The lowest BCUT2D eigenvalue weighted by Crippen LogP contribution is -2.18. The molecule has 4 aromatic rings. The van der Waals surface area contributed by atoms with Crippen molar-refractivity contribution in [1.82, 2.24) is 10.2 Å². The highest BCUT2D eigenvalue weighted by Crippen LogP contribution is 2.41. The highest BCUT2D eigenvalue weighted by Gasteiger charge is 2.21. The Balaban J connectivity index is 1.57. The third-order valence-electron chi connectivity index (χ3n) is 5.10. The van der Waals surface area contributed by atoms with Gasteiger partial charge in [0.1, 0.15) is 0 Å². The zero-order chi connectivity index (χ0) is 26.6. The molecular weight excluding hydrogens is 524 g/mol. The van der Waals surface area contributed by atoms with E-state index >= 15 is 0 Å². The fraction of sp³-hybridized carbons (Fsp3) is 0.125. The van der Waals surface area contributed by atoms with Gasteiger partial charge < -0.3 is 18.6 Å². The van der Waals surface area contributed by atoms with E-state index in [1.54, 1.807) is 24.3 Å². The molecule has 192 valence electrons. The molecule has 3 aromatic carbocycles. The Labute approximate surface area is 217 Å². The molecule has 0 saturated heterocycles. The van der Waals surface area contributed by atoms with Crippen LogP contribution in [0.15, 0.2) is 70.0 Å². The number of anilines is 2. The average Bonchev–Trinajstić information content (AvgIpc) is 3.36. The van der Waals surface area contributed by atoms with Crippen LogP contribution in [0.25, 0.3) is 11.5 Å². The summed E-state index contributed by atoms with van der Waals surface area (Å²) in [6.07, 6.45) is 0. The summed E-state index contributed by atoms with van der Waals surface area (Å²) in [5.74, 6) is 0.547. The quantitative estimate of drug-likeness (QED) is 0.312. The summed E-state index contributed by atoms with van der Waals surface area (Å²) in [4.78, 5) is 13.0. The van der Waals surface area contributed by atoms with Crippen molar-refractivity contribution in [3.05, 3.63) is 71.2 Å². The molecule has 0 saturated carbocycles. The minimum Gasteiger partial charge on any atom is -0.493 e. The van der Waals surface area contributed by atoms with Crippen LogP contribution in [0.2, 0.25) is 5.02 Å². The Morgan fingerprint density at radius 3 is 2.19 bits per heavy atom. The summed E-state index contributed by atoms with van der Waals surface area (Å²) < 4.78 is 49.6. The molecule has 0 aliphatic carbocycles. The number of carbonyl (C=O) groups excluding carboxylic acids is 1. The number of nitrogens with zero attached hydrogens (tertiary/aromatic N) is 2. The van der Waals surface area contributed by atoms with Crippen molar-refractivity contribution in [3.63, 3.8) is 0 Å². The molecule has 0 unspecified atom stereocenters. The first kappa shape index (κ1) is 25.8. The second-order valence-electron chi connectivity index (χ2n) is 7.39. The smallest absolute Gasteiger partial charge is 0.322 e. The average molecular weight is 545 g/mol. The first-order valence-corrected chi connectivity index (χ1v) is 12.4. The van der Waals surface area contributed by atoms with Gasteiger partial charge in [-0.1, -0.05) is 28.8 Å². The maximum absolute atomic E-state index is 13.0. The number of hydrogen-bond donors (Lipinski definition) is 2. The van der Waals surface area contributed by atoms with Crippen LogP contribution in [0.4, 0.5) is 11.7 Å². The number of benzene rings is 3. The Hall–Kier alpha value is -4.29. The van der Waals surface area contributed by atoms with E-state index in [1.165, 1.54) is 57.7 Å². The molecule has 0 aliphatic heterocycles. The molecule has 0 aliphatic rings. The van der Waals surface area contributed by atoms with Gasteiger partial charge in [-0.15, -0.1) is 5.10 Å². The highest BCUT2D eigenvalue weighted by molar-refractivity contribution is 7.92. The van der Waals surface area contributed by atoms with E-state index in [4.69, 9.17) is 30.2 Å². The van der Waals surface area contributed by atoms with Gasteiger partial charge in [-0.2, -0.15) is 0 Å². The monoisotopic (exact) mass is 544 g/mol. The maximum atomic E-state index is 13.0. The number of halogens is 1. The lowest BCUT2D eigenvalue weighted by atomic mass is 10.2. The summed E-state index contributed by atoms with van der Waals surface area (Å²) in [6.45, 7) is 0. The largest absolute Gasteiger partial charge is 0.493 e. The van der Waals surface area contributed by atoms with Gasteiger partial charge in [-0.25, -0.2) is 8.42 Å². The third-order valence-corrected chi connectivity index (χ3v) is 6.73. The second-order valence-corrected chi connectivity index (χ2v) is 9.50. The number of sulfonamides is 1. The summed E-state index contributed by atoms with van der Waals surface area (Å²) >= 11 is 5.84. The van der Waals surface area contributed by atoms with Crippen molar-refractivity contribution in [3.8, 4) is 28.7 Å². The van der Waals surface area contributed by atoms with E-state index in [0.717, 1.165) is 0 Å². The Kier molecular flexibility index (Phi) is 7.50. The molecule has 0 atom stereocenters. The van der Waals surface area contributed by atoms with Crippen LogP contribution in [-0.4, -0.2) is 45.9 Å². The van der Waals surface area contributed by atoms with E-state index in [1.807, 2.05) is 0 Å². The van der Waals surface area contributed by atoms with Gasteiger partial charge in [0, 0.05) is 10.6 Å². The molecule has 2 N–H and O–H groups in total. The van der Waals surface area contributed by atoms with Gasteiger partial charge in [0.05, 0.1) is 37.5 Å². The van der Waals surface area contributed by atoms with Gasteiger partial charge in [0.25, 0.3) is 15.9 Å². The predicted octanol–water partition coefficient (Wildman–Crippen LogP) is 4.47. The zero-order valence-corrected chi connectivity index (χ0v) is 21.4. The highest BCUT2D eigenvalue weighted by atomic mass is 35.5. The van der Waals surface area contributed by atoms with Crippen molar-refractivity contribution in [2.75, 3.05) is 31.4 Å². The Morgan fingerprint density at radius 2 is 1.57 bits per heavy atom. The molecular formula is C24H21ClN4O7S. The van der Waals surface area contributed by atoms with E-state index in [2.05, 4.69) is 20.2 Å². The minimum atomic E-state index is -3.98. The third kappa shape index (κ3) is 5.60. The van der Waals surface area contributed by atoms with E-state index in [0.29, 0.717) is 27.8 Å². The Morgan fingerprint density at radius 1 is 0.919 bits per heavy atom. The first-order valence-electron chi connectivity index (χ1n) is 10.6. The van der Waals surface area contributed by atoms with Gasteiger partial charge >= 0.3 is 6.01 Å². The molecule has 0 bridgehead atoms. The molecule has 13 heteroatoms. The molecule has 37 heavy (non-hydrogen) atoms.